The first-order valence-corrected chi connectivity index (χ1v) is 5.00. The summed E-state index contributed by atoms with van der Waals surface area (Å²) < 4.78 is 4.70. The Morgan fingerprint density at radius 2 is 2.00 bits per heavy atom. The van der Waals surface area contributed by atoms with E-state index in [2.05, 4.69) is 15.9 Å². The molecule has 0 aliphatic heterocycles. The van der Waals surface area contributed by atoms with Gasteiger partial charge in [0.1, 0.15) is 5.78 Å². The molecule has 0 fully saturated rings. The quantitative estimate of drug-likeness (QED) is 0.401. The molecule has 0 saturated carbocycles. The molecule has 0 unspecified atom stereocenters. The van der Waals surface area contributed by atoms with Crippen LogP contribution in [0.4, 0.5) is 0 Å². The van der Waals surface area contributed by atoms with E-state index in [1.165, 1.54) is 6.92 Å². The molecule has 0 amide bonds. The van der Waals surface area contributed by atoms with Gasteiger partial charge in [0.05, 0.1) is 11.9 Å². The molecule has 0 aliphatic rings. The molecule has 70 valence electrons. The lowest BCUT2D eigenvalue weighted by Gasteiger charge is -1.99. The molecule has 0 spiro atoms. The second-order valence-corrected chi connectivity index (χ2v) is 3.03. The van der Waals surface area contributed by atoms with E-state index >= 15 is 0 Å². The summed E-state index contributed by atoms with van der Waals surface area (Å²) in [5.74, 6) is -0.0698. The Balaban J connectivity index is 3.11. The molecule has 3 nitrogen and oxygen atoms in total. The summed E-state index contributed by atoms with van der Waals surface area (Å²) in [6.45, 7) is 1.80. The molecule has 12 heavy (non-hydrogen) atoms. The van der Waals surface area contributed by atoms with Crippen molar-refractivity contribution in [3.63, 3.8) is 0 Å². The fourth-order valence-corrected chi connectivity index (χ4v) is 0.987. The minimum absolute atomic E-state index is 0.192. The first kappa shape index (κ1) is 11.6. The third-order valence-corrected chi connectivity index (χ3v) is 1.93. The van der Waals surface area contributed by atoms with Crippen LogP contribution < -0.4 is 0 Å². The minimum Gasteiger partial charge on any atom is -0.466 e. The summed E-state index contributed by atoms with van der Waals surface area (Å²) >= 11 is 3.07. The first-order valence-electron chi connectivity index (χ1n) is 3.88. The van der Waals surface area contributed by atoms with E-state index in [0.29, 0.717) is 18.4 Å². The van der Waals surface area contributed by atoms with Gasteiger partial charge in [-0.15, -0.1) is 0 Å². The molecule has 0 N–H and O–H groups in total. The number of alkyl halides is 1. The van der Waals surface area contributed by atoms with Crippen LogP contribution in [0.2, 0.25) is 0 Å². The highest BCUT2D eigenvalue weighted by atomic mass is 79.9. The van der Waals surface area contributed by atoms with Crippen molar-refractivity contribution in [3.8, 4) is 0 Å². The van der Waals surface area contributed by atoms with Crippen LogP contribution in [0.5, 0.6) is 0 Å². The van der Waals surface area contributed by atoms with Gasteiger partial charge in [0.25, 0.3) is 0 Å². The number of carbonyl (C=O) groups is 2. The van der Waals surface area contributed by atoms with E-state index in [1.807, 2.05) is 0 Å². The van der Waals surface area contributed by atoms with Crippen LogP contribution in [0.1, 0.15) is 26.2 Å². The third-order valence-electron chi connectivity index (χ3n) is 1.30. The molecule has 4 heteroatoms. The Morgan fingerprint density at radius 1 is 1.33 bits per heavy atom. The monoisotopic (exact) mass is 236 g/mol. The number of carbonyl (C=O) groups excluding carboxylic acids is 2. The van der Waals surface area contributed by atoms with Crippen molar-refractivity contribution in [3.05, 3.63) is 0 Å². The van der Waals surface area contributed by atoms with E-state index in [0.717, 1.165) is 12.8 Å². The standard InChI is InChI=1S/C8H13BrO3/c1-7(10)12-5-3-2-4-8(11)6-9/h2-6H2,1H3. The summed E-state index contributed by atoms with van der Waals surface area (Å²) in [7, 11) is 0. The van der Waals surface area contributed by atoms with Gasteiger partial charge in [-0.1, -0.05) is 15.9 Å². The Hall–Kier alpha value is -0.380. The second-order valence-electron chi connectivity index (χ2n) is 2.47. The summed E-state index contributed by atoms with van der Waals surface area (Å²) in [5, 5.41) is 0.417. The maximum atomic E-state index is 10.8. The molecule has 0 saturated heterocycles. The van der Waals surface area contributed by atoms with E-state index in [1.54, 1.807) is 0 Å². The lowest BCUT2D eigenvalue weighted by molar-refractivity contribution is -0.141. The van der Waals surface area contributed by atoms with E-state index in [9.17, 15) is 9.59 Å². The topological polar surface area (TPSA) is 43.4 Å². The number of ketones is 1. The molecule has 0 aromatic heterocycles. The smallest absolute Gasteiger partial charge is 0.302 e. The van der Waals surface area contributed by atoms with Gasteiger partial charge in [0.2, 0.25) is 0 Å². The largest absolute Gasteiger partial charge is 0.466 e. The predicted molar refractivity (Wildman–Crippen MR) is 49.3 cm³/mol. The summed E-state index contributed by atoms with van der Waals surface area (Å²) in [6.07, 6.45) is 2.11. The zero-order chi connectivity index (χ0) is 9.40. The Morgan fingerprint density at radius 3 is 2.50 bits per heavy atom. The van der Waals surface area contributed by atoms with Gasteiger partial charge >= 0.3 is 5.97 Å². The molecular formula is C8H13BrO3. The van der Waals surface area contributed by atoms with Gasteiger partial charge in [-0.25, -0.2) is 0 Å². The number of hydrogen-bond donors (Lipinski definition) is 0. The fourth-order valence-electron chi connectivity index (χ4n) is 0.707. The van der Waals surface area contributed by atoms with E-state index < -0.39 is 0 Å². The number of Topliss-reactive ketones (excluding diaryl/α,β-unsaturated/α-hetero) is 1. The fraction of sp³-hybridized carbons (Fsp3) is 0.750. The molecule has 0 aromatic rings. The van der Waals surface area contributed by atoms with Crippen molar-refractivity contribution in [2.75, 3.05) is 11.9 Å². The highest BCUT2D eigenvalue weighted by Crippen LogP contribution is 1.99. The van der Waals surface area contributed by atoms with Crippen LogP contribution in [0.25, 0.3) is 0 Å². The molecule has 0 aliphatic carbocycles. The lowest BCUT2D eigenvalue weighted by atomic mass is 10.2. The van der Waals surface area contributed by atoms with Crippen molar-refractivity contribution in [1.82, 2.24) is 0 Å². The maximum Gasteiger partial charge on any atom is 0.302 e. The number of rotatable bonds is 6. The van der Waals surface area contributed by atoms with Gasteiger partial charge < -0.3 is 4.74 Å². The molecule has 0 aromatic carbocycles. The highest BCUT2D eigenvalue weighted by Gasteiger charge is 1.98. The van der Waals surface area contributed by atoms with Crippen LogP contribution >= 0.6 is 15.9 Å². The summed E-state index contributed by atoms with van der Waals surface area (Å²) in [6, 6.07) is 0. The van der Waals surface area contributed by atoms with Crippen LogP contribution in [0.3, 0.4) is 0 Å². The van der Waals surface area contributed by atoms with Crippen molar-refractivity contribution in [1.29, 1.82) is 0 Å². The SMILES string of the molecule is CC(=O)OCCCCC(=O)CBr. The van der Waals surface area contributed by atoms with Gasteiger partial charge in [0, 0.05) is 13.3 Å². The Bertz CT molecular complexity index is 156. The van der Waals surface area contributed by atoms with Crippen LogP contribution in [-0.2, 0) is 14.3 Å². The van der Waals surface area contributed by atoms with Gasteiger partial charge in [-0.3, -0.25) is 9.59 Å². The third kappa shape index (κ3) is 7.72. The van der Waals surface area contributed by atoms with E-state index in [4.69, 9.17) is 4.74 Å². The van der Waals surface area contributed by atoms with Crippen molar-refractivity contribution in [2.24, 2.45) is 0 Å². The molecule has 0 bridgehead atoms. The molecule has 0 rings (SSSR count). The minimum atomic E-state index is -0.262. The van der Waals surface area contributed by atoms with E-state index in [-0.39, 0.29) is 11.8 Å². The maximum absolute atomic E-state index is 10.8. The van der Waals surface area contributed by atoms with Crippen LogP contribution in [-0.4, -0.2) is 23.7 Å². The van der Waals surface area contributed by atoms with Crippen LogP contribution in [0.15, 0.2) is 0 Å². The van der Waals surface area contributed by atoms with Gasteiger partial charge in [-0.2, -0.15) is 0 Å². The lowest BCUT2D eigenvalue weighted by Crippen LogP contribution is -2.02. The first-order chi connectivity index (χ1) is 5.66. The normalized spacial score (nSPS) is 9.50. The average Bonchev–Trinajstić information content (AvgIpc) is 2.03. The number of esters is 1. The van der Waals surface area contributed by atoms with Gasteiger partial charge in [0.15, 0.2) is 0 Å². The molecular weight excluding hydrogens is 224 g/mol. The van der Waals surface area contributed by atoms with Gasteiger partial charge in [-0.05, 0) is 12.8 Å². The summed E-state index contributed by atoms with van der Waals surface area (Å²) in [5.41, 5.74) is 0. The molecule has 0 atom stereocenters. The molecule has 0 heterocycles. The zero-order valence-electron chi connectivity index (χ0n) is 7.14. The number of unbranched alkanes of at least 4 members (excludes halogenated alkanes) is 1. The predicted octanol–water partition coefficient (Wildman–Crippen LogP) is 1.68. The van der Waals surface area contributed by atoms with Crippen LogP contribution in [0, 0.1) is 0 Å². The van der Waals surface area contributed by atoms with Crippen molar-refractivity contribution < 1.29 is 14.3 Å². The Kier molecular flexibility index (Phi) is 7.05. The highest BCUT2D eigenvalue weighted by molar-refractivity contribution is 9.09. The second kappa shape index (κ2) is 7.28. The van der Waals surface area contributed by atoms with Crippen molar-refractivity contribution >= 4 is 27.7 Å². The average molecular weight is 237 g/mol. The zero-order valence-corrected chi connectivity index (χ0v) is 8.72. The number of hydrogen-bond acceptors (Lipinski definition) is 3. The summed E-state index contributed by atoms with van der Waals surface area (Å²) in [4.78, 5) is 21.1. The number of ether oxygens (including phenoxy) is 1. The Labute approximate surface area is 80.6 Å². The molecule has 0 radical (unpaired) electrons. The van der Waals surface area contributed by atoms with Crippen molar-refractivity contribution in [2.45, 2.75) is 26.2 Å². The number of halogens is 1.